The minimum atomic E-state index is -1.18. The molecule has 1 amide bonds. The van der Waals surface area contributed by atoms with Gasteiger partial charge < -0.3 is 9.64 Å². The van der Waals surface area contributed by atoms with Gasteiger partial charge in [0.05, 0.1) is 18.9 Å². The van der Waals surface area contributed by atoms with E-state index in [-0.39, 0.29) is 5.71 Å². The Bertz CT molecular complexity index is 538. The number of morpholine rings is 1. The number of nitrogens with one attached hydrogen (secondary N) is 1. The average molecular weight is 288 g/mol. The SMILES string of the molecule is N=C(C(=O)N1CCOCC1)C(C=Nc1ccccc1)N=O. The van der Waals surface area contributed by atoms with Gasteiger partial charge in [-0.05, 0) is 12.1 Å². The summed E-state index contributed by atoms with van der Waals surface area (Å²) in [5.41, 5.74) is 0.268. The lowest BCUT2D eigenvalue weighted by atomic mass is 10.1. The zero-order valence-electron chi connectivity index (χ0n) is 11.4. The molecule has 1 aliphatic heterocycles. The molecular weight excluding hydrogens is 272 g/mol. The van der Waals surface area contributed by atoms with Crippen LogP contribution in [0.5, 0.6) is 0 Å². The molecule has 7 heteroatoms. The fourth-order valence-corrected chi connectivity index (χ4v) is 1.89. The van der Waals surface area contributed by atoms with Crippen LogP contribution in [0.15, 0.2) is 40.5 Å². The predicted molar refractivity (Wildman–Crippen MR) is 79.3 cm³/mol. The normalized spacial score (nSPS) is 16.7. The van der Waals surface area contributed by atoms with Crippen molar-refractivity contribution in [3.05, 3.63) is 35.2 Å². The van der Waals surface area contributed by atoms with Crippen LogP contribution < -0.4 is 0 Å². The van der Waals surface area contributed by atoms with Crippen molar-refractivity contribution in [1.82, 2.24) is 4.90 Å². The molecule has 1 atom stereocenters. The second-order valence-corrected chi connectivity index (χ2v) is 4.48. The molecule has 1 fully saturated rings. The van der Waals surface area contributed by atoms with Crippen molar-refractivity contribution in [2.24, 2.45) is 10.2 Å². The third-order valence-corrected chi connectivity index (χ3v) is 3.06. The number of carbonyl (C=O) groups excluding carboxylic acids is 1. The lowest BCUT2D eigenvalue weighted by Gasteiger charge is -2.27. The lowest BCUT2D eigenvalue weighted by Crippen LogP contribution is -2.46. The van der Waals surface area contributed by atoms with Crippen molar-refractivity contribution in [3.8, 4) is 0 Å². The number of rotatable bonds is 5. The average Bonchev–Trinajstić information content (AvgIpc) is 2.56. The van der Waals surface area contributed by atoms with E-state index < -0.39 is 11.9 Å². The van der Waals surface area contributed by atoms with Crippen molar-refractivity contribution in [3.63, 3.8) is 0 Å². The molecule has 0 spiro atoms. The molecule has 7 nitrogen and oxygen atoms in total. The first-order valence-corrected chi connectivity index (χ1v) is 6.59. The summed E-state index contributed by atoms with van der Waals surface area (Å²) < 4.78 is 5.15. The number of ether oxygens (including phenoxy) is 1. The number of hydrogen-bond donors (Lipinski definition) is 1. The van der Waals surface area contributed by atoms with Crippen LogP contribution in [0.1, 0.15) is 0 Å². The fourth-order valence-electron chi connectivity index (χ4n) is 1.89. The lowest BCUT2D eigenvalue weighted by molar-refractivity contribution is -0.128. The molecule has 21 heavy (non-hydrogen) atoms. The fraction of sp³-hybridized carbons (Fsp3) is 0.357. The van der Waals surface area contributed by atoms with Crippen LogP contribution in [0, 0.1) is 10.3 Å². The largest absolute Gasteiger partial charge is 0.378 e. The number of carbonyl (C=O) groups is 1. The third-order valence-electron chi connectivity index (χ3n) is 3.06. The highest BCUT2D eigenvalue weighted by Gasteiger charge is 2.26. The van der Waals surface area contributed by atoms with Gasteiger partial charge in [0.1, 0.15) is 5.71 Å². The van der Waals surface area contributed by atoms with Crippen LogP contribution in [-0.4, -0.2) is 55.1 Å². The van der Waals surface area contributed by atoms with E-state index in [4.69, 9.17) is 10.1 Å². The zero-order chi connectivity index (χ0) is 15.1. The highest BCUT2D eigenvalue weighted by Crippen LogP contribution is 2.10. The van der Waals surface area contributed by atoms with Crippen LogP contribution >= 0.6 is 0 Å². The molecule has 1 aromatic rings. The first kappa shape index (κ1) is 15.0. The molecular formula is C14H16N4O3. The number of para-hydroxylation sites is 1. The first-order valence-electron chi connectivity index (χ1n) is 6.59. The van der Waals surface area contributed by atoms with Gasteiger partial charge in [0, 0.05) is 19.3 Å². The van der Waals surface area contributed by atoms with E-state index in [1.54, 1.807) is 24.3 Å². The highest BCUT2D eigenvalue weighted by molar-refractivity contribution is 6.42. The molecule has 1 heterocycles. The van der Waals surface area contributed by atoms with Crippen LogP contribution in [0.25, 0.3) is 0 Å². The summed E-state index contributed by atoms with van der Waals surface area (Å²) in [4.78, 5) is 28.5. The van der Waals surface area contributed by atoms with E-state index in [2.05, 4.69) is 10.2 Å². The van der Waals surface area contributed by atoms with Gasteiger partial charge in [0.25, 0.3) is 5.91 Å². The standard InChI is InChI=1S/C14H16N4O3/c15-13(14(19)18-6-8-21-9-7-18)12(17-20)10-16-11-4-2-1-3-5-11/h1-5,10,12,15H,6-9H2. The van der Waals surface area contributed by atoms with E-state index in [1.165, 1.54) is 11.1 Å². The number of benzene rings is 1. The van der Waals surface area contributed by atoms with Crippen molar-refractivity contribution < 1.29 is 9.53 Å². The monoisotopic (exact) mass is 288 g/mol. The zero-order valence-corrected chi connectivity index (χ0v) is 11.4. The first-order chi connectivity index (χ1) is 10.2. The van der Waals surface area contributed by atoms with E-state index in [9.17, 15) is 9.70 Å². The Morgan fingerprint density at radius 3 is 2.57 bits per heavy atom. The van der Waals surface area contributed by atoms with E-state index >= 15 is 0 Å². The Kier molecular flexibility index (Phi) is 5.28. The number of hydrogen-bond acceptors (Lipinski definition) is 6. The van der Waals surface area contributed by atoms with Gasteiger partial charge in [-0.2, -0.15) is 0 Å². The molecule has 1 aromatic carbocycles. The number of nitrogens with zero attached hydrogens (tertiary/aromatic N) is 3. The van der Waals surface area contributed by atoms with Gasteiger partial charge >= 0.3 is 0 Å². The van der Waals surface area contributed by atoms with E-state index in [1.807, 2.05) is 6.07 Å². The van der Waals surface area contributed by atoms with Crippen molar-refractivity contribution >= 4 is 23.5 Å². The quantitative estimate of drug-likeness (QED) is 0.655. The minimum absolute atomic E-state index is 0.369. The van der Waals surface area contributed by atoms with Gasteiger partial charge in [-0.25, -0.2) is 0 Å². The number of aliphatic imine (C=N–C) groups is 1. The summed E-state index contributed by atoms with van der Waals surface area (Å²) in [5.74, 6) is -0.498. The Morgan fingerprint density at radius 2 is 1.95 bits per heavy atom. The molecule has 110 valence electrons. The maximum absolute atomic E-state index is 12.1. The third kappa shape index (κ3) is 4.03. The summed E-state index contributed by atoms with van der Waals surface area (Å²) in [7, 11) is 0. The summed E-state index contributed by atoms with van der Waals surface area (Å²) in [6, 6.07) is 7.79. The van der Waals surface area contributed by atoms with Crippen LogP contribution in [0.3, 0.4) is 0 Å². The summed E-state index contributed by atoms with van der Waals surface area (Å²) in [5, 5.41) is 10.7. The molecule has 0 saturated carbocycles. The van der Waals surface area contributed by atoms with E-state index in [0.717, 1.165) is 0 Å². The maximum Gasteiger partial charge on any atom is 0.270 e. The van der Waals surface area contributed by atoms with Crippen molar-refractivity contribution in [2.75, 3.05) is 26.3 Å². The summed E-state index contributed by atoms with van der Waals surface area (Å²) in [6.07, 6.45) is 1.23. The van der Waals surface area contributed by atoms with Gasteiger partial charge in [-0.1, -0.05) is 23.4 Å². The molecule has 2 rings (SSSR count). The molecule has 0 radical (unpaired) electrons. The van der Waals surface area contributed by atoms with Crippen LogP contribution in [0.4, 0.5) is 5.69 Å². The van der Waals surface area contributed by atoms with Gasteiger partial charge in [-0.3, -0.25) is 15.2 Å². The molecule has 1 unspecified atom stereocenters. The van der Waals surface area contributed by atoms with Crippen LogP contribution in [-0.2, 0) is 9.53 Å². The second-order valence-electron chi connectivity index (χ2n) is 4.48. The maximum atomic E-state index is 12.1. The van der Waals surface area contributed by atoms with Gasteiger partial charge in [0.2, 0.25) is 0 Å². The summed E-state index contributed by atoms with van der Waals surface area (Å²) >= 11 is 0. The Balaban J connectivity index is 2.02. The molecule has 0 bridgehead atoms. The minimum Gasteiger partial charge on any atom is -0.378 e. The highest BCUT2D eigenvalue weighted by atomic mass is 16.5. The van der Waals surface area contributed by atoms with Gasteiger partial charge in [0.15, 0.2) is 6.04 Å². The molecule has 1 N–H and O–H groups in total. The number of nitroso groups, excluding NO2 is 1. The number of amides is 1. The molecule has 0 aliphatic carbocycles. The topological polar surface area (TPSA) is 95.2 Å². The van der Waals surface area contributed by atoms with E-state index in [0.29, 0.717) is 32.0 Å². The Labute approximate surface area is 122 Å². The molecule has 1 aliphatic rings. The Morgan fingerprint density at radius 1 is 1.29 bits per heavy atom. The van der Waals surface area contributed by atoms with Crippen molar-refractivity contribution in [1.29, 1.82) is 5.41 Å². The predicted octanol–water partition coefficient (Wildman–Crippen LogP) is 1.40. The van der Waals surface area contributed by atoms with Crippen LogP contribution in [0.2, 0.25) is 0 Å². The second kappa shape index (κ2) is 7.39. The summed E-state index contributed by atoms with van der Waals surface area (Å²) in [6.45, 7) is 1.72. The smallest absolute Gasteiger partial charge is 0.270 e. The van der Waals surface area contributed by atoms with Gasteiger partial charge in [-0.15, -0.1) is 4.91 Å². The molecule has 0 aromatic heterocycles. The molecule has 1 saturated heterocycles. The Hall–Kier alpha value is -2.41. The van der Waals surface area contributed by atoms with Crippen molar-refractivity contribution in [2.45, 2.75) is 6.04 Å².